The van der Waals surface area contributed by atoms with Gasteiger partial charge in [-0.05, 0) is 17.7 Å². The van der Waals surface area contributed by atoms with E-state index in [1.165, 1.54) is 12.1 Å². The van der Waals surface area contributed by atoms with E-state index in [9.17, 15) is 9.59 Å². The summed E-state index contributed by atoms with van der Waals surface area (Å²) in [5.41, 5.74) is 0.747. The zero-order valence-corrected chi connectivity index (χ0v) is 10.3. The molecular weight excluding hydrogens is 248 g/mol. The highest BCUT2D eigenvalue weighted by atomic mass is 16.4. The van der Waals surface area contributed by atoms with Gasteiger partial charge in [-0.3, -0.25) is 4.79 Å². The number of benzene rings is 1. The molecule has 6 heteroatoms. The Morgan fingerprint density at radius 2 is 1.95 bits per heavy atom. The van der Waals surface area contributed by atoms with E-state index in [-0.39, 0.29) is 24.0 Å². The van der Waals surface area contributed by atoms with Crippen molar-refractivity contribution in [1.29, 1.82) is 0 Å². The van der Waals surface area contributed by atoms with E-state index in [0.29, 0.717) is 13.1 Å². The van der Waals surface area contributed by atoms with Crippen molar-refractivity contribution >= 4 is 11.9 Å². The third-order valence-electron chi connectivity index (χ3n) is 3.14. The summed E-state index contributed by atoms with van der Waals surface area (Å²) in [6.07, 6.45) is 0.196. The first kappa shape index (κ1) is 13.4. The number of carbonyl (C=O) groups excluding carboxylic acids is 1. The molecule has 1 saturated heterocycles. The van der Waals surface area contributed by atoms with E-state index in [2.05, 4.69) is 10.6 Å². The van der Waals surface area contributed by atoms with E-state index >= 15 is 0 Å². The number of rotatable bonds is 5. The van der Waals surface area contributed by atoms with Gasteiger partial charge in [-0.1, -0.05) is 12.1 Å². The number of nitrogens with one attached hydrogen (secondary N) is 2. The maximum atomic E-state index is 11.7. The van der Waals surface area contributed by atoms with Crippen molar-refractivity contribution in [3.63, 3.8) is 0 Å². The largest absolute Gasteiger partial charge is 0.508 e. The third kappa shape index (κ3) is 3.45. The van der Waals surface area contributed by atoms with Crippen LogP contribution in [0.2, 0.25) is 0 Å². The molecule has 0 aromatic heterocycles. The van der Waals surface area contributed by atoms with Crippen LogP contribution in [0.5, 0.6) is 5.75 Å². The number of carboxylic acids is 1. The van der Waals surface area contributed by atoms with Crippen LogP contribution in [0.1, 0.15) is 5.56 Å². The van der Waals surface area contributed by atoms with Gasteiger partial charge in [-0.2, -0.15) is 0 Å². The number of hydrogen-bond donors (Lipinski definition) is 4. The molecule has 2 rings (SSSR count). The van der Waals surface area contributed by atoms with E-state index in [1.54, 1.807) is 12.1 Å². The Balaban J connectivity index is 1.97. The van der Waals surface area contributed by atoms with Crippen LogP contribution in [0.25, 0.3) is 0 Å². The van der Waals surface area contributed by atoms with Crippen LogP contribution >= 0.6 is 0 Å². The summed E-state index contributed by atoms with van der Waals surface area (Å²) in [5, 5.41) is 23.8. The first-order valence-corrected chi connectivity index (χ1v) is 6.08. The lowest BCUT2D eigenvalue weighted by Crippen LogP contribution is -2.54. The number of phenolic OH excluding ortho intramolecular Hbond substituents is 1. The van der Waals surface area contributed by atoms with Crippen molar-refractivity contribution in [2.45, 2.75) is 12.5 Å². The number of aliphatic carboxylic acids is 1. The summed E-state index contributed by atoms with van der Waals surface area (Å²) in [4.78, 5) is 22.9. The normalized spacial score (nSPS) is 16.4. The second kappa shape index (κ2) is 5.71. The first-order chi connectivity index (χ1) is 9.06. The van der Waals surface area contributed by atoms with Crippen LogP contribution in [0, 0.1) is 5.92 Å². The minimum absolute atomic E-state index is 0.125. The molecule has 1 aliphatic heterocycles. The van der Waals surface area contributed by atoms with Gasteiger partial charge in [0.1, 0.15) is 11.8 Å². The average molecular weight is 264 g/mol. The lowest BCUT2D eigenvalue weighted by atomic mass is 10.0. The lowest BCUT2D eigenvalue weighted by Gasteiger charge is -2.27. The number of carboxylic acid groups (broad SMARTS) is 1. The predicted octanol–water partition coefficient (Wildman–Crippen LogP) is -0.277. The number of aromatic hydroxyl groups is 1. The van der Waals surface area contributed by atoms with E-state index < -0.39 is 12.0 Å². The zero-order chi connectivity index (χ0) is 13.8. The molecule has 0 radical (unpaired) electrons. The molecule has 0 unspecified atom stereocenters. The molecule has 19 heavy (non-hydrogen) atoms. The fourth-order valence-corrected chi connectivity index (χ4v) is 1.83. The molecule has 4 N–H and O–H groups in total. The molecule has 6 nitrogen and oxygen atoms in total. The van der Waals surface area contributed by atoms with Crippen LogP contribution in [0.15, 0.2) is 24.3 Å². The maximum absolute atomic E-state index is 11.7. The Morgan fingerprint density at radius 1 is 1.32 bits per heavy atom. The van der Waals surface area contributed by atoms with Gasteiger partial charge in [-0.25, -0.2) is 4.79 Å². The van der Waals surface area contributed by atoms with Gasteiger partial charge in [0.15, 0.2) is 0 Å². The average Bonchev–Trinajstić information content (AvgIpc) is 2.28. The van der Waals surface area contributed by atoms with Gasteiger partial charge in [0.25, 0.3) is 0 Å². The van der Waals surface area contributed by atoms with Gasteiger partial charge >= 0.3 is 5.97 Å². The van der Waals surface area contributed by atoms with E-state index in [1.807, 2.05) is 0 Å². The van der Waals surface area contributed by atoms with Gasteiger partial charge in [0.05, 0.1) is 5.92 Å². The SMILES string of the molecule is O=C(N[C@@H](Cc1ccc(O)cc1)C(=O)O)C1CNC1. The molecule has 1 heterocycles. The van der Waals surface area contributed by atoms with Crippen molar-refractivity contribution in [1.82, 2.24) is 10.6 Å². The first-order valence-electron chi connectivity index (χ1n) is 6.08. The second-order valence-corrected chi connectivity index (χ2v) is 4.63. The molecule has 1 aliphatic rings. The van der Waals surface area contributed by atoms with Crippen molar-refractivity contribution in [2.24, 2.45) is 5.92 Å². The molecule has 1 aromatic carbocycles. The molecule has 1 fully saturated rings. The van der Waals surface area contributed by atoms with Gasteiger partial charge < -0.3 is 20.8 Å². The molecule has 1 aromatic rings. The summed E-state index contributed by atoms with van der Waals surface area (Å²) in [6.45, 7) is 1.19. The van der Waals surface area contributed by atoms with Gasteiger partial charge in [0, 0.05) is 19.5 Å². The summed E-state index contributed by atoms with van der Waals surface area (Å²) in [6, 6.07) is 5.32. The van der Waals surface area contributed by atoms with E-state index in [0.717, 1.165) is 5.56 Å². The highest BCUT2D eigenvalue weighted by Gasteiger charge is 2.28. The van der Waals surface area contributed by atoms with Crippen LogP contribution in [0.4, 0.5) is 0 Å². The smallest absolute Gasteiger partial charge is 0.326 e. The molecule has 1 amide bonds. The van der Waals surface area contributed by atoms with Crippen LogP contribution < -0.4 is 10.6 Å². The van der Waals surface area contributed by atoms with Crippen LogP contribution in [-0.2, 0) is 16.0 Å². The molecule has 0 spiro atoms. The Bertz CT molecular complexity index is 468. The topological polar surface area (TPSA) is 98.7 Å². The fourth-order valence-electron chi connectivity index (χ4n) is 1.83. The third-order valence-corrected chi connectivity index (χ3v) is 3.14. The van der Waals surface area contributed by atoms with Gasteiger partial charge in [-0.15, -0.1) is 0 Å². The quantitative estimate of drug-likeness (QED) is 0.586. The summed E-state index contributed by atoms with van der Waals surface area (Å²) in [7, 11) is 0. The van der Waals surface area contributed by atoms with Crippen molar-refractivity contribution < 1.29 is 19.8 Å². The monoisotopic (exact) mass is 264 g/mol. The fraction of sp³-hybridized carbons (Fsp3) is 0.385. The van der Waals surface area contributed by atoms with Gasteiger partial charge in [0.2, 0.25) is 5.91 Å². The highest BCUT2D eigenvalue weighted by Crippen LogP contribution is 2.12. The van der Waals surface area contributed by atoms with Crippen molar-refractivity contribution in [2.75, 3.05) is 13.1 Å². The highest BCUT2D eigenvalue weighted by molar-refractivity contribution is 5.86. The van der Waals surface area contributed by atoms with E-state index in [4.69, 9.17) is 10.2 Å². The standard InChI is InChI=1S/C13H16N2O4/c16-10-3-1-8(2-4-10)5-11(13(18)19)15-12(17)9-6-14-7-9/h1-4,9,11,14,16H,5-7H2,(H,15,17)(H,18,19)/t11-/m0/s1. The van der Waals surface area contributed by atoms with Crippen molar-refractivity contribution in [3.05, 3.63) is 29.8 Å². The maximum Gasteiger partial charge on any atom is 0.326 e. The molecule has 0 bridgehead atoms. The molecule has 0 aliphatic carbocycles. The number of amides is 1. The second-order valence-electron chi connectivity index (χ2n) is 4.63. The van der Waals surface area contributed by atoms with Crippen molar-refractivity contribution in [3.8, 4) is 5.75 Å². The minimum atomic E-state index is -1.06. The number of hydrogen-bond acceptors (Lipinski definition) is 4. The molecular formula is C13H16N2O4. The summed E-state index contributed by atoms with van der Waals surface area (Å²) >= 11 is 0. The molecule has 0 saturated carbocycles. The Hall–Kier alpha value is -2.08. The summed E-state index contributed by atoms with van der Waals surface area (Å²) < 4.78 is 0. The minimum Gasteiger partial charge on any atom is -0.508 e. The lowest BCUT2D eigenvalue weighted by molar-refractivity contribution is -0.142. The Labute approximate surface area is 110 Å². The predicted molar refractivity (Wildman–Crippen MR) is 67.7 cm³/mol. The molecule has 1 atom stereocenters. The summed E-state index contributed by atoms with van der Waals surface area (Å²) in [5.74, 6) is -1.31. The molecule has 102 valence electrons. The number of phenols is 1. The Morgan fingerprint density at radius 3 is 2.42 bits per heavy atom. The van der Waals surface area contributed by atoms with Crippen LogP contribution in [0.3, 0.4) is 0 Å². The number of carbonyl (C=O) groups is 2. The van der Waals surface area contributed by atoms with Crippen LogP contribution in [-0.4, -0.2) is 41.2 Å². The Kier molecular flexibility index (Phi) is 4.01. The zero-order valence-electron chi connectivity index (χ0n) is 10.3.